The molecule has 4 heteroatoms. The Labute approximate surface area is 72.7 Å². The van der Waals surface area contributed by atoms with Crippen molar-refractivity contribution in [2.45, 2.75) is 44.2 Å². The Balaban J connectivity index is 2.53. The molecule has 1 aliphatic rings. The first-order valence-electron chi connectivity index (χ1n) is 4.47. The van der Waals surface area contributed by atoms with Gasteiger partial charge in [0.2, 0.25) is 0 Å². The van der Waals surface area contributed by atoms with Crippen molar-refractivity contribution in [3.05, 3.63) is 0 Å². The first-order chi connectivity index (χ1) is 5.70. The van der Waals surface area contributed by atoms with Crippen LogP contribution in [0, 0.1) is 0 Å². The highest BCUT2D eigenvalue weighted by Gasteiger charge is 2.20. The van der Waals surface area contributed by atoms with Crippen LogP contribution in [0.1, 0.15) is 32.1 Å². The van der Waals surface area contributed by atoms with E-state index >= 15 is 0 Å². The topological polar surface area (TPSA) is 84.6 Å². The summed E-state index contributed by atoms with van der Waals surface area (Å²) in [5, 5.41) is 9.58. The van der Waals surface area contributed by atoms with Gasteiger partial charge in [0.1, 0.15) is 0 Å². The molecule has 0 bridgehead atoms. The molecule has 0 aromatic heterocycles. The van der Waals surface area contributed by atoms with Crippen molar-refractivity contribution in [2.24, 2.45) is 16.5 Å². The summed E-state index contributed by atoms with van der Waals surface area (Å²) in [6.07, 6.45) is 4.74. The standard InChI is InChI=1S/C8H17N3O/c9-8(10)11-6-4-2-1-3-5-7(6)12/h6-7,12H,1-5H2,(H4,9,10,11). The minimum absolute atomic E-state index is 0.0718. The molecule has 0 aliphatic heterocycles. The number of guanidine groups is 1. The summed E-state index contributed by atoms with van der Waals surface area (Å²) < 4.78 is 0. The van der Waals surface area contributed by atoms with E-state index in [-0.39, 0.29) is 18.1 Å². The highest BCUT2D eigenvalue weighted by Crippen LogP contribution is 2.20. The molecule has 70 valence electrons. The van der Waals surface area contributed by atoms with Crippen LogP contribution in [0.5, 0.6) is 0 Å². The molecule has 1 rings (SSSR count). The van der Waals surface area contributed by atoms with E-state index in [0.717, 1.165) is 25.7 Å². The Hall–Kier alpha value is -0.770. The van der Waals surface area contributed by atoms with Crippen molar-refractivity contribution in [3.63, 3.8) is 0 Å². The zero-order valence-corrected chi connectivity index (χ0v) is 7.24. The van der Waals surface area contributed by atoms with Crippen LogP contribution in [0.2, 0.25) is 0 Å². The van der Waals surface area contributed by atoms with Gasteiger partial charge < -0.3 is 16.6 Å². The van der Waals surface area contributed by atoms with Gasteiger partial charge in [0.25, 0.3) is 0 Å². The van der Waals surface area contributed by atoms with Crippen LogP contribution in [0.4, 0.5) is 0 Å². The van der Waals surface area contributed by atoms with Crippen LogP contribution >= 0.6 is 0 Å². The molecule has 0 saturated heterocycles. The molecule has 0 radical (unpaired) electrons. The number of aliphatic imine (C=N–C) groups is 1. The molecule has 4 nitrogen and oxygen atoms in total. The fourth-order valence-electron chi connectivity index (χ4n) is 1.61. The molecular formula is C8H17N3O. The van der Waals surface area contributed by atoms with E-state index in [4.69, 9.17) is 11.5 Å². The predicted octanol–water partition coefficient (Wildman–Crippen LogP) is -0.0466. The number of hydrogen-bond donors (Lipinski definition) is 3. The molecule has 1 saturated carbocycles. The van der Waals surface area contributed by atoms with Gasteiger partial charge in [-0.3, -0.25) is 0 Å². The third-order valence-electron chi connectivity index (χ3n) is 2.26. The molecule has 5 N–H and O–H groups in total. The lowest BCUT2D eigenvalue weighted by atomic mass is 10.1. The molecule has 12 heavy (non-hydrogen) atoms. The number of rotatable bonds is 1. The van der Waals surface area contributed by atoms with Gasteiger partial charge in [0, 0.05) is 0 Å². The van der Waals surface area contributed by atoms with Gasteiger partial charge in [-0.2, -0.15) is 0 Å². The summed E-state index contributed by atoms with van der Waals surface area (Å²) in [4.78, 5) is 4.00. The summed E-state index contributed by atoms with van der Waals surface area (Å²) in [5.41, 5.74) is 10.5. The van der Waals surface area contributed by atoms with Gasteiger partial charge in [-0.1, -0.05) is 19.3 Å². The summed E-state index contributed by atoms with van der Waals surface area (Å²) in [5.74, 6) is 0.0842. The van der Waals surface area contributed by atoms with Crippen molar-refractivity contribution in [2.75, 3.05) is 0 Å². The average Bonchev–Trinajstić information content (AvgIpc) is 2.16. The normalized spacial score (nSPS) is 30.8. The maximum Gasteiger partial charge on any atom is 0.186 e. The third kappa shape index (κ3) is 2.70. The van der Waals surface area contributed by atoms with E-state index < -0.39 is 0 Å². The molecule has 0 heterocycles. The first kappa shape index (κ1) is 9.32. The van der Waals surface area contributed by atoms with Crippen LogP contribution < -0.4 is 11.5 Å². The Kier molecular flexibility index (Phi) is 3.34. The van der Waals surface area contributed by atoms with E-state index in [1.807, 2.05) is 0 Å². The number of nitrogens with zero attached hydrogens (tertiary/aromatic N) is 1. The number of aliphatic hydroxyl groups is 1. The van der Waals surface area contributed by atoms with Crippen molar-refractivity contribution in [3.8, 4) is 0 Å². The van der Waals surface area contributed by atoms with Crippen LogP contribution in [-0.2, 0) is 0 Å². The minimum Gasteiger partial charge on any atom is -0.391 e. The zero-order chi connectivity index (χ0) is 8.97. The highest BCUT2D eigenvalue weighted by molar-refractivity contribution is 5.75. The molecule has 2 unspecified atom stereocenters. The van der Waals surface area contributed by atoms with Gasteiger partial charge >= 0.3 is 0 Å². The Bertz CT molecular complexity index is 166. The fourth-order valence-corrected chi connectivity index (χ4v) is 1.61. The second-order valence-electron chi connectivity index (χ2n) is 3.33. The molecule has 0 aromatic rings. The minimum atomic E-state index is -0.352. The molecule has 2 atom stereocenters. The van der Waals surface area contributed by atoms with E-state index in [2.05, 4.69) is 4.99 Å². The number of hydrogen-bond acceptors (Lipinski definition) is 2. The Morgan fingerprint density at radius 2 is 1.83 bits per heavy atom. The van der Waals surface area contributed by atoms with Crippen LogP contribution in [0.15, 0.2) is 4.99 Å². The van der Waals surface area contributed by atoms with Gasteiger partial charge in [0.05, 0.1) is 12.1 Å². The van der Waals surface area contributed by atoms with Crippen molar-refractivity contribution in [1.29, 1.82) is 0 Å². The van der Waals surface area contributed by atoms with E-state index in [1.165, 1.54) is 6.42 Å². The Morgan fingerprint density at radius 1 is 1.17 bits per heavy atom. The maximum atomic E-state index is 9.58. The summed E-state index contributed by atoms with van der Waals surface area (Å²) in [7, 11) is 0. The smallest absolute Gasteiger partial charge is 0.186 e. The number of aliphatic hydroxyl groups excluding tert-OH is 1. The monoisotopic (exact) mass is 171 g/mol. The average molecular weight is 171 g/mol. The quantitative estimate of drug-likeness (QED) is 0.294. The van der Waals surface area contributed by atoms with Gasteiger partial charge in [-0.05, 0) is 12.8 Å². The van der Waals surface area contributed by atoms with E-state index in [9.17, 15) is 5.11 Å². The lowest BCUT2D eigenvalue weighted by molar-refractivity contribution is 0.138. The molecule has 0 aromatic carbocycles. The molecule has 0 amide bonds. The zero-order valence-electron chi connectivity index (χ0n) is 7.24. The molecule has 1 fully saturated rings. The van der Waals surface area contributed by atoms with Gasteiger partial charge in [0.15, 0.2) is 5.96 Å². The second kappa shape index (κ2) is 4.30. The van der Waals surface area contributed by atoms with E-state index in [1.54, 1.807) is 0 Å². The second-order valence-corrected chi connectivity index (χ2v) is 3.33. The third-order valence-corrected chi connectivity index (χ3v) is 2.26. The summed E-state index contributed by atoms with van der Waals surface area (Å²) in [6.45, 7) is 0. The van der Waals surface area contributed by atoms with E-state index in [0.29, 0.717) is 0 Å². The largest absolute Gasteiger partial charge is 0.391 e. The van der Waals surface area contributed by atoms with Crippen LogP contribution in [0.3, 0.4) is 0 Å². The van der Waals surface area contributed by atoms with Gasteiger partial charge in [-0.25, -0.2) is 4.99 Å². The van der Waals surface area contributed by atoms with Crippen LogP contribution in [0.25, 0.3) is 0 Å². The van der Waals surface area contributed by atoms with Crippen molar-refractivity contribution in [1.82, 2.24) is 0 Å². The summed E-state index contributed by atoms with van der Waals surface area (Å²) >= 11 is 0. The number of nitrogens with two attached hydrogens (primary N) is 2. The lowest BCUT2D eigenvalue weighted by Crippen LogP contribution is -2.30. The lowest BCUT2D eigenvalue weighted by Gasteiger charge is -2.15. The summed E-state index contributed by atoms with van der Waals surface area (Å²) in [6, 6.07) is -0.0718. The van der Waals surface area contributed by atoms with Crippen molar-refractivity contribution >= 4 is 5.96 Å². The maximum absolute atomic E-state index is 9.58. The molecular weight excluding hydrogens is 154 g/mol. The van der Waals surface area contributed by atoms with Gasteiger partial charge in [-0.15, -0.1) is 0 Å². The fraction of sp³-hybridized carbons (Fsp3) is 0.875. The van der Waals surface area contributed by atoms with Crippen molar-refractivity contribution < 1.29 is 5.11 Å². The first-order valence-corrected chi connectivity index (χ1v) is 4.47. The Morgan fingerprint density at radius 3 is 2.50 bits per heavy atom. The highest BCUT2D eigenvalue weighted by atomic mass is 16.3. The SMILES string of the molecule is NC(N)=NC1CCCCCC1O. The predicted molar refractivity (Wildman–Crippen MR) is 48.7 cm³/mol. The molecule has 0 spiro atoms. The molecule has 1 aliphatic carbocycles. The van der Waals surface area contributed by atoms with Crippen LogP contribution in [-0.4, -0.2) is 23.2 Å².